The molecular formula is C23H25F2NO4. The number of halogens is 2. The molecule has 1 N–H and O–H groups in total. The second-order valence-electron chi connectivity index (χ2n) is 7.98. The summed E-state index contributed by atoms with van der Waals surface area (Å²) in [6.45, 7) is 2.09. The van der Waals surface area contributed by atoms with Gasteiger partial charge in [0.2, 0.25) is 5.88 Å². The first-order valence-electron chi connectivity index (χ1n) is 10.0. The molecule has 1 aromatic heterocycles. The molecule has 0 bridgehead atoms. The minimum absolute atomic E-state index is 0.118. The summed E-state index contributed by atoms with van der Waals surface area (Å²) in [5.74, 6) is -2.24. The minimum atomic E-state index is -1.09. The van der Waals surface area contributed by atoms with Crippen molar-refractivity contribution in [2.24, 2.45) is 11.3 Å². The summed E-state index contributed by atoms with van der Waals surface area (Å²) in [6, 6.07) is 4.46. The molecule has 0 radical (unpaired) electrons. The van der Waals surface area contributed by atoms with Gasteiger partial charge in [-0.15, -0.1) is 0 Å². The number of benzene rings is 1. The molecule has 0 saturated heterocycles. The SMILES string of the molecule is CCC1CCC(CC(=O)c2cnc(OC)c(-c3cc(F)cc(F)c3)c2)(C(=O)O)CC1. The van der Waals surface area contributed by atoms with Gasteiger partial charge in [0, 0.05) is 29.8 Å². The lowest BCUT2D eigenvalue weighted by atomic mass is 9.67. The van der Waals surface area contributed by atoms with Gasteiger partial charge in [-0.05, 0) is 55.4 Å². The number of carbonyl (C=O) groups excluding carboxylic acids is 1. The zero-order valence-corrected chi connectivity index (χ0v) is 17.1. The molecule has 2 aromatic rings. The number of pyridine rings is 1. The van der Waals surface area contributed by atoms with E-state index in [9.17, 15) is 23.5 Å². The van der Waals surface area contributed by atoms with Gasteiger partial charge < -0.3 is 9.84 Å². The summed E-state index contributed by atoms with van der Waals surface area (Å²) in [5, 5.41) is 9.85. The molecule has 0 atom stereocenters. The van der Waals surface area contributed by atoms with Crippen LogP contribution in [-0.4, -0.2) is 29.0 Å². The highest BCUT2D eigenvalue weighted by Gasteiger charge is 2.43. The minimum Gasteiger partial charge on any atom is -0.481 e. The Hall–Kier alpha value is -2.83. The summed E-state index contributed by atoms with van der Waals surface area (Å²) in [6.07, 6.45) is 4.66. The fraction of sp³-hybridized carbons (Fsp3) is 0.435. The zero-order chi connectivity index (χ0) is 21.9. The molecule has 7 heteroatoms. The third-order valence-corrected chi connectivity index (χ3v) is 6.13. The number of methoxy groups -OCH3 is 1. The fourth-order valence-electron chi connectivity index (χ4n) is 4.20. The molecule has 30 heavy (non-hydrogen) atoms. The van der Waals surface area contributed by atoms with Gasteiger partial charge in [0.25, 0.3) is 0 Å². The Bertz CT molecular complexity index is 932. The van der Waals surface area contributed by atoms with Crippen LogP contribution in [0.1, 0.15) is 55.8 Å². The van der Waals surface area contributed by atoms with E-state index in [1.54, 1.807) is 0 Å². The van der Waals surface area contributed by atoms with E-state index in [0.717, 1.165) is 37.5 Å². The summed E-state index contributed by atoms with van der Waals surface area (Å²) >= 11 is 0. The molecule has 1 fully saturated rings. The number of aliphatic carboxylic acids is 1. The summed E-state index contributed by atoms with van der Waals surface area (Å²) in [4.78, 5) is 29.1. The van der Waals surface area contributed by atoms with Gasteiger partial charge in [-0.2, -0.15) is 0 Å². The molecule has 1 heterocycles. The lowest BCUT2D eigenvalue weighted by molar-refractivity contribution is -0.151. The van der Waals surface area contributed by atoms with E-state index in [-0.39, 0.29) is 34.8 Å². The second kappa shape index (κ2) is 8.90. The van der Waals surface area contributed by atoms with Crippen LogP contribution >= 0.6 is 0 Å². The largest absolute Gasteiger partial charge is 0.481 e. The van der Waals surface area contributed by atoms with Crippen molar-refractivity contribution in [3.05, 3.63) is 47.7 Å². The van der Waals surface area contributed by atoms with E-state index in [1.165, 1.54) is 19.4 Å². The Morgan fingerprint density at radius 2 is 1.80 bits per heavy atom. The number of aromatic nitrogens is 1. The highest BCUT2D eigenvalue weighted by molar-refractivity contribution is 5.99. The average Bonchev–Trinajstić information content (AvgIpc) is 2.72. The first-order valence-corrected chi connectivity index (χ1v) is 10.0. The highest BCUT2D eigenvalue weighted by atomic mass is 19.1. The van der Waals surface area contributed by atoms with Crippen molar-refractivity contribution in [3.8, 4) is 17.0 Å². The smallest absolute Gasteiger partial charge is 0.310 e. The van der Waals surface area contributed by atoms with Crippen LogP contribution in [0.5, 0.6) is 5.88 Å². The maximum absolute atomic E-state index is 13.7. The van der Waals surface area contributed by atoms with Crippen LogP contribution in [0.25, 0.3) is 11.1 Å². The zero-order valence-electron chi connectivity index (χ0n) is 17.1. The number of ketones is 1. The number of ether oxygens (including phenoxy) is 1. The number of carboxylic acid groups (broad SMARTS) is 1. The van der Waals surface area contributed by atoms with Crippen molar-refractivity contribution in [2.45, 2.75) is 45.4 Å². The van der Waals surface area contributed by atoms with Gasteiger partial charge in [-0.1, -0.05) is 13.3 Å². The number of hydrogen-bond acceptors (Lipinski definition) is 4. The Morgan fingerprint density at radius 1 is 1.17 bits per heavy atom. The van der Waals surface area contributed by atoms with Crippen molar-refractivity contribution < 1.29 is 28.2 Å². The normalized spacial score (nSPS) is 21.3. The van der Waals surface area contributed by atoms with Gasteiger partial charge in [-0.3, -0.25) is 9.59 Å². The molecule has 1 aliphatic carbocycles. The van der Waals surface area contributed by atoms with E-state index >= 15 is 0 Å². The molecule has 1 aliphatic rings. The van der Waals surface area contributed by atoms with Crippen LogP contribution in [0, 0.1) is 23.0 Å². The van der Waals surface area contributed by atoms with E-state index in [2.05, 4.69) is 11.9 Å². The molecule has 5 nitrogen and oxygen atoms in total. The first kappa shape index (κ1) is 21.9. The van der Waals surface area contributed by atoms with E-state index in [1.807, 2.05) is 0 Å². The van der Waals surface area contributed by atoms with Crippen molar-refractivity contribution in [1.82, 2.24) is 4.98 Å². The third-order valence-electron chi connectivity index (χ3n) is 6.13. The fourth-order valence-corrected chi connectivity index (χ4v) is 4.20. The number of carbonyl (C=O) groups is 2. The van der Waals surface area contributed by atoms with Crippen LogP contribution in [0.2, 0.25) is 0 Å². The van der Waals surface area contributed by atoms with E-state index < -0.39 is 23.0 Å². The monoisotopic (exact) mass is 417 g/mol. The predicted molar refractivity (Wildman–Crippen MR) is 107 cm³/mol. The molecule has 0 amide bonds. The summed E-state index contributed by atoms with van der Waals surface area (Å²) < 4.78 is 32.6. The summed E-state index contributed by atoms with van der Waals surface area (Å²) in [5.41, 5.74) is -0.453. The standard InChI is InChI=1S/C23H25F2NO4/c1-3-14-4-6-23(7-5-14,22(28)29)12-20(27)16-10-19(21(30-2)26-13-16)15-8-17(24)11-18(25)9-15/h8-11,13-14H,3-7,12H2,1-2H3,(H,28,29). The average molecular weight is 417 g/mol. The van der Waals surface area contributed by atoms with Crippen LogP contribution in [0.3, 0.4) is 0 Å². The maximum atomic E-state index is 13.7. The van der Waals surface area contributed by atoms with Crippen LogP contribution in [0.15, 0.2) is 30.5 Å². The molecule has 3 rings (SSSR count). The Morgan fingerprint density at radius 3 is 2.33 bits per heavy atom. The Labute approximate surface area is 174 Å². The topological polar surface area (TPSA) is 76.5 Å². The number of Topliss-reactive ketones (excluding diaryl/α,β-unsaturated/α-hetero) is 1. The molecular weight excluding hydrogens is 392 g/mol. The molecule has 1 saturated carbocycles. The van der Waals surface area contributed by atoms with Crippen molar-refractivity contribution in [1.29, 1.82) is 0 Å². The quantitative estimate of drug-likeness (QED) is 0.621. The second-order valence-corrected chi connectivity index (χ2v) is 7.98. The van der Waals surface area contributed by atoms with Gasteiger partial charge in [0.05, 0.1) is 12.5 Å². The van der Waals surface area contributed by atoms with Crippen molar-refractivity contribution in [3.63, 3.8) is 0 Å². The van der Waals surface area contributed by atoms with Gasteiger partial charge in [0.15, 0.2) is 5.78 Å². The third kappa shape index (κ3) is 4.50. The van der Waals surface area contributed by atoms with Crippen LogP contribution in [-0.2, 0) is 4.79 Å². The lowest BCUT2D eigenvalue weighted by Crippen LogP contribution is -2.37. The lowest BCUT2D eigenvalue weighted by Gasteiger charge is -2.36. The predicted octanol–water partition coefficient (Wildman–Crippen LogP) is 5.28. The van der Waals surface area contributed by atoms with Crippen molar-refractivity contribution >= 4 is 11.8 Å². The summed E-state index contributed by atoms with van der Waals surface area (Å²) in [7, 11) is 1.37. The van der Waals surface area contributed by atoms with Crippen LogP contribution in [0.4, 0.5) is 8.78 Å². The van der Waals surface area contributed by atoms with Crippen LogP contribution < -0.4 is 4.74 Å². The number of carboxylic acids is 1. The van der Waals surface area contributed by atoms with Gasteiger partial charge >= 0.3 is 5.97 Å². The Balaban J connectivity index is 1.92. The highest BCUT2D eigenvalue weighted by Crippen LogP contribution is 2.43. The van der Waals surface area contributed by atoms with Crippen molar-refractivity contribution in [2.75, 3.05) is 7.11 Å². The van der Waals surface area contributed by atoms with E-state index in [0.29, 0.717) is 18.8 Å². The number of nitrogens with zero attached hydrogens (tertiary/aromatic N) is 1. The molecule has 0 unspecified atom stereocenters. The molecule has 160 valence electrons. The first-order chi connectivity index (χ1) is 14.3. The Kier molecular flexibility index (Phi) is 6.48. The molecule has 0 spiro atoms. The van der Waals surface area contributed by atoms with Gasteiger partial charge in [-0.25, -0.2) is 13.8 Å². The van der Waals surface area contributed by atoms with E-state index in [4.69, 9.17) is 4.74 Å². The number of rotatable bonds is 7. The maximum Gasteiger partial charge on any atom is 0.310 e. The molecule has 0 aliphatic heterocycles. The molecule has 1 aromatic carbocycles. The van der Waals surface area contributed by atoms with Gasteiger partial charge in [0.1, 0.15) is 11.6 Å². The number of hydrogen-bond donors (Lipinski definition) is 1.